The molecule has 0 aliphatic rings. The summed E-state index contributed by atoms with van der Waals surface area (Å²) in [5, 5.41) is 2.98. The van der Waals surface area contributed by atoms with E-state index in [1.54, 1.807) is 13.8 Å². The van der Waals surface area contributed by atoms with Gasteiger partial charge in [0.05, 0.1) is 6.10 Å². The average molecular weight is 325 g/mol. The molecule has 0 saturated heterocycles. The third kappa shape index (κ3) is 5.01. The molecule has 1 atom stereocenters. The Labute approximate surface area is 142 Å². The van der Waals surface area contributed by atoms with Crippen LogP contribution in [0, 0.1) is 4.91 Å². The van der Waals surface area contributed by atoms with Crippen LogP contribution in [-0.2, 0) is 9.53 Å². The van der Waals surface area contributed by atoms with Gasteiger partial charge in [0.1, 0.15) is 0 Å². The molecule has 0 saturated carbocycles. The van der Waals surface area contributed by atoms with Gasteiger partial charge in [-0.1, -0.05) is 65.8 Å². The highest BCUT2D eigenvalue weighted by Gasteiger charge is 2.24. The van der Waals surface area contributed by atoms with Crippen molar-refractivity contribution in [1.29, 1.82) is 0 Å². The first-order chi connectivity index (χ1) is 11.6. The Kier molecular flexibility index (Phi) is 6.67. The lowest BCUT2D eigenvalue weighted by Gasteiger charge is -2.19. The first-order valence-corrected chi connectivity index (χ1v) is 8.24. The van der Waals surface area contributed by atoms with Crippen LogP contribution in [0.15, 0.2) is 65.8 Å². The number of esters is 1. The van der Waals surface area contributed by atoms with Gasteiger partial charge in [-0.2, -0.15) is 0 Å². The molecule has 0 N–H and O–H groups in total. The molecule has 126 valence electrons. The van der Waals surface area contributed by atoms with E-state index in [2.05, 4.69) is 29.4 Å². The van der Waals surface area contributed by atoms with Gasteiger partial charge in [-0.05, 0) is 37.8 Å². The number of benzene rings is 2. The lowest BCUT2D eigenvalue weighted by Crippen LogP contribution is -2.24. The zero-order chi connectivity index (χ0) is 17.4. The van der Waals surface area contributed by atoms with E-state index >= 15 is 0 Å². The van der Waals surface area contributed by atoms with Gasteiger partial charge in [0.2, 0.25) is 0 Å². The maximum absolute atomic E-state index is 12.0. The fraction of sp³-hybridized carbons (Fsp3) is 0.350. The summed E-state index contributed by atoms with van der Waals surface area (Å²) in [6.07, 6.45) is 0.766. The Hall–Kier alpha value is -2.49. The smallest absolute Gasteiger partial charge is 0.334 e. The van der Waals surface area contributed by atoms with Crippen molar-refractivity contribution in [3.8, 4) is 0 Å². The molecule has 4 heteroatoms. The van der Waals surface area contributed by atoms with Crippen molar-refractivity contribution in [3.05, 3.63) is 76.7 Å². The van der Waals surface area contributed by atoms with Crippen LogP contribution in [0.1, 0.15) is 43.7 Å². The Bertz CT molecular complexity index is 601. The number of ether oxygens (including phenoxy) is 1. The van der Waals surface area contributed by atoms with Crippen LogP contribution in [0.4, 0.5) is 0 Å². The van der Waals surface area contributed by atoms with Crippen LogP contribution in [0.25, 0.3) is 0 Å². The van der Waals surface area contributed by atoms with Gasteiger partial charge < -0.3 is 4.74 Å². The zero-order valence-corrected chi connectivity index (χ0v) is 14.1. The molecule has 0 aliphatic heterocycles. The molecule has 0 bridgehead atoms. The first kappa shape index (κ1) is 17.9. The second kappa shape index (κ2) is 8.96. The van der Waals surface area contributed by atoms with Gasteiger partial charge in [-0.25, -0.2) is 4.79 Å². The van der Waals surface area contributed by atoms with Gasteiger partial charge in [0.25, 0.3) is 0 Å². The number of rotatable bonds is 8. The second-order valence-corrected chi connectivity index (χ2v) is 6.06. The molecule has 24 heavy (non-hydrogen) atoms. The van der Waals surface area contributed by atoms with E-state index < -0.39 is 12.0 Å². The average Bonchev–Trinajstić information content (AvgIpc) is 2.59. The number of hydrogen-bond donors (Lipinski definition) is 0. The number of hydrogen-bond acceptors (Lipinski definition) is 4. The highest BCUT2D eigenvalue weighted by Crippen LogP contribution is 2.30. The maximum atomic E-state index is 12.0. The summed E-state index contributed by atoms with van der Waals surface area (Å²) in [5.74, 6) is -0.427. The lowest BCUT2D eigenvalue weighted by atomic mass is 9.86. The van der Waals surface area contributed by atoms with Gasteiger partial charge >= 0.3 is 5.97 Å². The zero-order valence-electron chi connectivity index (χ0n) is 14.1. The fourth-order valence-electron chi connectivity index (χ4n) is 2.75. The maximum Gasteiger partial charge on any atom is 0.334 e. The molecule has 0 spiro atoms. The Morgan fingerprint density at radius 2 is 1.42 bits per heavy atom. The number of nitroso groups, excluding NO2 is 1. The molecule has 0 aliphatic carbocycles. The molecule has 2 rings (SSSR count). The van der Waals surface area contributed by atoms with Crippen molar-refractivity contribution in [2.24, 2.45) is 5.18 Å². The lowest BCUT2D eigenvalue weighted by molar-refractivity contribution is -0.149. The second-order valence-electron chi connectivity index (χ2n) is 6.06. The molecule has 0 fully saturated rings. The van der Waals surface area contributed by atoms with Crippen molar-refractivity contribution in [3.63, 3.8) is 0 Å². The molecule has 0 amide bonds. The fourth-order valence-corrected chi connectivity index (χ4v) is 2.75. The minimum Gasteiger partial charge on any atom is -0.461 e. The highest BCUT2D eigenvalue weighted by molar-refractivity contribution is 5.76. The largest absolute Gasteiger partial charge is 0.461 e. The van der Waals surface area contributed by atoms with Crippen molar-refractivity contribution >= 4 is 5.97 Å². The number of carbonyl (C=O) groups is 1. The predicted octanol–water partition coefficient (Wildman–Crippen LogP) is 4.69. The topological polar surface area (TPSA) is 55.7 Å². The van der Waals surface area contributed by atoms with Crippen LogP contribution < -0.4 is 0 Å². The molecule has 1 unspecified atom stereocenters. The van der Waals surface area contributed by atoms with Crippen molar-refractivity contribution in [2.45, 2.75) is 44.8 Å². The molecule has 0 heterocycles. The predicted molar refractivity (Wildman–Crippen MR) is 94.8 cm³/mol. The van der Waals surface area contributed by atoms with Crippen LogP contribution >= 0.6 is 0 Å². The highest BCUT2D eigenvalue weighted by atomic mass is 16.5. The van der Waals surface area contributed by atoms with Gasteiger partial charge in [0.15, 0.2) is 6.04 Å². The quantitative estimate of drug-likeness (QED) is 0.523. The van der Waals surface area contributed by atoms with E-state index in [1.807, 2.05) is 36.4 Å². The third-order valence-corrected chi connectivity index (χ3v) is 3.88. The van der Waals surface area contributed by atoms with Crippen molar-refractivity contribution in [1.82, 2.24) is 0 Å². The van der Waals surface area contributed by atoms with E-state index in [0.29, 0.717) is 12.8 Å². The van der Waals surface area contributed by atoms with E-state index in [9.17, 15) is 9.70 Å². The van der Waals surface area contributed by atoms with E-state index in [1.165, 1.54) is 0 Å². The van der Waals surface area contributed by atoms with E-state index in [4.69, 9.17) is 4.74 Å². The van der Waals surface area contributed by atoms with Crippen LogP contribution in [0.5, 0.6) is 0 Å². The summed E-state index contributed by atoms with van der Waals surface area (Å²) in [7, 11) is 0. The number of carbonyl (C=O) groups excluding carboxylic acids is 1. The van der Waals surface area contributed by atoms with Gasteiger partial charge in [-0.15, -0.1) is 4.91 Å². The third-order valence-electron chi connectivity index (χ3n) is 3.88. The monoisotopic (exact) mass is 325 g/mol. The molecule has 4 nitrogen and oxygen atoms in total. The van der Waals surface area contributed by atoms with Crippen LogP contribution in [0.3, 0.4) is 0 Å². The van der Waals surface area contributed by atoms with Crippen molar-refractivity contribution in [2.75, 3.05) is 0 Å². The molecular formula is C20H23NO3. The van der Waals surface area contributed by atoms with Gasteiger partial charge in [0, 0.05) is 5.92 Å². The van der Waals surface area contributed by atoms with E-state index in [0.717, 1.165) is 11.1 Å². The Morgan fingerprint density at radius 1 is 0.917 bits per heavy atom. The Morgan fingerprint density at radius 3 is 1.83 bits per heavy atom. The summed E-state index contributed by atoms with van der Waals surface area (Å²) < 4.78 is 5.11. The summed E-state index contributed by atoms with van der Waals surface area (Å²) in [6.45, 7) is 3.52. The minimum absolute atomic E-state index is 0.114. The molecular weight excluding hydrogens is 302 g/mol. The Balaban J connectivity index is 2.14. The molecule has 0 aromatic heterocycles. The minimum atomic E-state index is -0.956. The van der Waals surface area contributed by atoms with Crippen molar-refractivity contribution < 1.29 is 9.53 Å². The van der Waals surface area contributed by atoms with E-state index in [-0.39, 0.29) is 12.0 Å². The number of nitrogens with zero attached hydrogens (tertiary/aromatic N) is 1. The SMILES string of the molecule is CC(C)OC(=O)C(CCC(c1ccccc1)c1ccccc1)N=O. The summed E-state index contributed by atoms with van der Waals surface area (Å²) in [6, 6.07) is 19.2. The standard InChI is InChI=1S/C20H23NO3/c1-15(2)24-20(22)19(21-23)14-13-18(16-9-5-3-6-10-16)17-11-7-4-8-12-17/h3-12,15,18-19H,13-14H2,1-2H3. The molecule has 0 radical (unpaired) electrons. The summed E-state index contributed by atoms with van der Waals surface area (Å²) in [5.41, 5.74) is 2.32. The van der Waals surface area contributed by atoms with Crippen LogP contribution in [0.2, 0.25) is 0 Å². The molecule has 2 aromatic carbocycles. The first-order valence-electron chi connectivity index (χ1n) is 8.24. The van der Waals surface area contributed by atoms with Gasteiger partial charge in [-0.3, -0.25) is 0 Å². The molecule has 2 aromatic rings. The summed E-state index contributed by atoms with van der Waals surface area (Å²) >= 11 is 0. The normalized spacial score (nSPS) is 12.2. The summed E-state index contributed by atoms with van der Waals surface area (Å²) in [4.78, 5) is 23.0. The van der Waals surface area contributed by atoms with Crippen LogP contribution in [-0.4, -0.2) is 18.1 Å².